The van der Waals surface area contributed by atoms with Gasteiger partial charge in [0.1, 0.15) is 0 Å². The molecule has 1 aromatic carbocycles. The lowest BCUT2D eigenvalue weighted by Gasteiger charge is -1.97. The normalized spacial score (nSPS) is 30.4. The first-order valence-electron chi connectivity index (χ1n) is 5.21. The minimum atomic E-state index is 0.632. The van der Waals surface area contributed by atoms with Crippen molar-refractivity contribution in [3.63, 3.8) is 0 Å². The Hall–Kier alpha value is -0.530. The topological polar surface area (TPSA) is 3.01 Å². The van der Waals surface area contributed by atoms with Crippen LogP contribution in [0.4, 0.5) is 0 Å². The molecular weight excluding hydrogens is 194 g/mol. The van der Waals surface area contributed by atoms with Crippen LogP contribution in [0.15, 0.2) is 24.3 Å². The first-order valence-corrected chi connectivity index (χ1v) is 5.59. The molecule has 0 aromatic heterocycles. The van der Waals surface area contributed by atoms with E-state index >= 15 is 0 Å². The highest BCUT2D eigenvalue weighted by Crippen LogP contribution is 2.43. The van der Waals surface area contributed by atoms with Gasteiger partial charge >= 0.3 is 0 Å². The maximum absolute atomic E-state index is 5.86. The third-order valence-electron chi connectivity index (χ3n) is 3.03. The highest BCUT2D eigenvalue weighted by atomic mass is 35.5. The Morgan fingerprint density at radius 2 is 1.93 bits per heavy atom. The molecule has 0 aliphatic carbocycles. The Labute approximate surface area is 90.7 Å². The van der Waals surface area contributed by atoms with E-state index in [4.69, 9.17) is 11.6 Å². The number of hydrogen-bond donors (Lipinski definition) is 0. The van der Waals surface area contributed by atoms with Crippen LogP contribution in [0.1, 0.15) is 31.4 Å². The minimum absolute atomic E-state index is 0.632. The van der Waals surface area contributed by atoms with E-state index in [-0.39, 0.29) is 0 Å². The minimum Gasteiger partial charge on any atom is -0.293 e. The third kappa shape index (κ3) is 1.79. The van der Waals surface area contributed by atoms with Gasteiger partial charge in [-0.2, -0.15) is 0 Å². The van der Waals surface area contributed by atoms with Gasteiger partial charge in [-0.15, -0.1) is 0 Å². The van der Waals surface area contributed by atoms with E-state index in [1.165, 1.54) is 18.4 Å². The standard InChI is InChI=1S/C12H16ClN/c1-3-4-11-12(14(11)2)9-5-7-10(13)8-6-9/h5-8,11-12H,3-4H2,1-2H3. The molecule has 0 saturated carbocycles. The largest absolute Gasteiger partial charge is 0.293 e. The van der Waals surface area contributed by atoms with Crippen molar-refractivity contribution in [2.45, 2.75) is 31.8 Å². The van der Waals surface area contributed by atoms with E-state index in [2.05, 4.69) is 31.0 Å². The maximum atomic E-state index is 5.86. The van der Waals surface area contributed by atoms with Crippen molar-refractivity contribution in [3.05, 3.63) is 34.9 Å². The molecule has 1 aliphatic rings. The van der Waals surface area contributed by atoms with Crippen LogP contribution in [0.25, 0.3) is 0 Å². The molecule has 2 rings (SSSR count). The van der Waals surface area contributed by atoms with Crippen LogP contribution in [0, 0.1) is 0 Å². The van der Waals surface area contributed by atoms with Crippen molar-refractivity contribution in [2.24, 2.45) is 0 Å². The van der Waals surface area contributed by atoms with Crippen molar-refractivity contribution < 1.29 is 0 Å². The molecule has 0 bridgehead atoms. The summed E-state index contributed by atoms with van der Waals surface area (Å²) in [6, 6.07) is 9.62. The predicted octanol–water partition coefficient (Wildman–Crippen LogP) is 3.50. The molecule has 76 valence electrons. The van der Waals surface area contributed by atoms with Crippen LogP contribution < -0.4 is 0 Å². The van der Waals surface area contributed by atoms with Crippen LogP contribution in [-0.2, 0) is 0 Å². The summed E-state index contributed by atoms with van der Waals surface area (Å²) >= 11 is 5.86. The fraction of sp³-hybridized carbons (Fsp3) is 0.500. The highest BCUT2D eigenvalue weighted by molar-refractivity contribution is 6.30. The monoisotopic (exact) mass is 209 g/mol. The number of rotatable bonds is 3. The van der Waals surface area contributed by atoms with Crippen LogP contribution in [0.5, 0.6) is 0 Å². The van der Waals surface area contributed by atoms with Crippen LogP contribution in [0.3, 0.4) is 0 Å². The summed E-state index contributed by atoms with van der Waals surface area (Å²) in [5, 5.41) is 0.823. The summed E-state index contributed by atoms with van der Waals surface area (Å²) < 4.78 is 0. The lowest BCUT2D eigenvalue weighted by Crippen LogP contribution is -1.91. The zero-order valence-corrected chi connectivity index (χ0v) is 9.46. The van der Waals surface area contributed by atoms with Gasteiger partial charge in [-0.05, 0) is 31.2 Å². The lowest BCUT2D eigenvalue weighted by atomic mass is 10.1. The van der Waals surface area contributed by atoms with Gasteiger partial charge in [0.25, 0.3) is 0 Å². The zero-order chi connectivity index (χ0) is 10.1. The van der Waals surface area contributed by atoms with Crippen molar-refractivity contribution >= 4 is 11.6 Å². The van der Waals surface area contributed by atoms with Gasteiger partial charge in [0.15, 0.2) is 0 Å². The maximum Gasteiger partial charge on any atom is 0.0504 e. The number of hydrogen-bond acceptors (Lipinski definition) is 1. The molecule has 2 heteroatoms. The first kappa shape index (κ1) is 10.0. The summed E-state index contributed by atoms with van der Waals surface area (Å²) in [4.78, 5) is 2.42. The van der Waals surface area contributed by atoms with Crippen LogP contribution in [-0.4, -0.2) is 18.0 Å². The summed E-state index contributed by atoms with van der Waals surface area (Å²) in [5.74, 6) is 0. The average molecular weight is 210 g/mol. The van der Waals surface area contributed by atoms with E-state index in [0.717, 1.165) is 11.1 Å². The quantitative estimate of drug-likeness (QED) is 0.689. The average Bonchev–Trinajstić information content (AvgIpc) is 2.79. The second-order valence-corrected chi connectivity index (χ2v) is 4.45. The third-order valence-corrected chi connectivity index (χ3v) is 3.28. The van der Waals surface area contributed by atoms with Gasteiger partial charge in [0, 0.05) is 11.1 Å². The second kappa shape index (κ2) is 3.92. The molecule has 0 amide bonds. The lowest BCUT2D eigenvalue weighted by molar-refractivity contribution is 0.566. The van der Waals surface area contributed by atoms with Crippen LogP contribution in [0.2, 0.25) is 5.02 Å². The highest BCUT2D eigenvalue weighted by Gasteiger charge is 2.43. The van der Waals surface area contributed by atoms with Gasteiger partial charge in [-0.1, -0.05) is 37.1 Å². The summed E-state index contributed by atoms with van der Waals surface area (Å²) in [6.45, 7) is 2.24. The van der Waals surface area contributed by atoms with Crippen LogP contribution >= 0.6 is 11.6 Å². The Morgan fingerprint density at radius 3 is 2.50 bits per heavy atom. The van der Waals surface area contributed by atoms with Gasteiger partial charge in [-0.3, -0.25) is 4.90 Å². The number of nitrogens with zero attached hydrogens (tertiary/aromatic N) is 1. The number of likely N-dealkylation sites (N-methyl/N-ethyl adjacent to an activating group) is 1. The molecule has 1 aromatic rings. The summed E-state index contributed by atoms with van der Waals surface area (Å²) in [6.07, 6.45) is 2.56. The SMILES string of the molecule is CCCC1C(c2ccc(Cl)cc2)N1C. The molecule has 0 radical (unpaired) electrons. The molecule has 1 fully saturated rings. The number of halogens is 1. The van der Waals surface area contributed by atoms with E-state index in [9.17, 15) is 0 Å². The fourth-order valence-corrected chi connectivity index (χ4v) is 2.30. The van der Waals surface area contributed by atoms with E-state index in [1.54, 1.807) is 0 Å². The Bertz CT molecular complexity index is 307. The molecule has 1 heterocycles. The van der Waals surface area contributed by atoms with E-state index in [0.29, 0.717) is 6.04 Å². The smallest absolute Gasteiger partial charge is 0.0504 e. The van der Waals surface area contributed by atoms with Gasteiger partial charge in [-0.25, -0.2) is 0 Å². The van der Waals surface area contributed by atoms with E-state index in [1.807, 2.05) is 12.1 Å². The van der Waals surface area contributed by atoms with Crippen molar-refractivity contribution in [3.8, 4) is 0 Å². The molecule has 0 N–H and O–H groups in total. The molecule has 1 saturated heterocycles. The molecule has 3 atom stereocenters. The molecule has 3 unspecified atom stereocenters. The van der Waals surface area contributed by atoms with Crippen molar-refractivity contribution in [1.82, 2.24) is 4.90 Å². The first-order chi connectivity index (χ1) is 6.74. The number of benzene rings is 1. The summed E-state index contributed by atoms with van der Waals surface area (Å²) in [5.41, 5.74) is 1.40. The van der Waals surface area contributed by atoms with Gasteiger partial charge in [0.2, 0.25) is 0 Å². The second-order valence-electron chi connectivity index (χ2n) is 4.02. The molecule has 0 spiro atoms. The fourth-order valence-electron chi connectivity index (χ4n) is 2.18. The van der Waals surface area contributed by atoms with Gasteiger partial charge < -0.3 is 0 Å². The van der Waals surface area contributed by atoms with Crippen molar-refractivity contribution in [1.29, 1.82) is 0 Å². The Balaban J connectivity index is 2.07. The molecule has 1 aliphatic heterocycles. The molecule has 14 heavy (non-hydrogen) atoms. The Morgan fingerprint density at radius 1 is 1.29 bits per heavy atom. The predicted molar refractivity (Wildman–Crippen MR) is 60.7 cm³/mol. The van der Waals surface area contributed by atoms with E-state index < -0.39 is 0 Å². The van der Waals surface area contributed by atoms with Gasteiger partial charge in [0.05, 0.1) is 6.04 Å². The Kier molecular flexibility index (Phi) is 2.80. The summed E-state index contributed by atoms with van der Waals surface area (Å²) in [7, 11) is 2.19. The molecule has 1 nitrogen and oxygen atoms in total. The zero-order valence-electron chi connectivity index (χ0n) is 8.70. The molecular formula is C12H16ClN. The van der Waals surface area contributed by atoms with Crippen molar-refractivity contribution in [2.75, 3.05) is 7.05 Å².